The number of aromatic hydroxyl groups is 1. The monoisotopic (exact) mass is 381 g/mol. The second-order valence-electron chi connectivity index (χ2n) is 5.68. The average molecular weight is 381 g/mol. The summed E-state index contributed by atoms with van der Waals surface area (Å²) in [7, 11) is 0. The van der Waals surface area contributed by atoms with Crippen molar-refractivity contribution >= 4 is 29.1 Å². The Morgan fingerprint density at radius 3 is 2.92 bits per heavy atom. The van der Waals surface area contributed by atoms with Gasteiger partial charge in [0.1, 0.15) is 5.01 Å². The quantitative estimate of drug-likeness (QED) is 0.467. The van der Waals surface area contributed by atoms with Gasteiger partial charge in [-0.15, -0.1) is 11.3 Å². The van der Waals surface area contributed by atoms with E-state index in [-0.39, 0.29) is 17.5 Å². The van der Waals surface area contributed by atoms with Crippen molar-refractivity contribution in [2.24, 2.45) is 0 Å². The van der Waals surface area contributed by atoms with Gasteiger partial charge < -0.3 is 9.84 Å². The van der Waals surface area contributed by atoms with Crippen LogP contribution in [0.15, 0.2) is 21.4 Å². The van der Waals surface area contributed by atoms with Gasteiger partial charge in [-0.2, -0.15) is 4.98 Å². The highest BCUT2D eigenvalue weighted by Gasteiger charge is 2.22. The highest BCUT2D eigenvalue weighted by atomic mass is 32.2. The molecule has 7 nitrogen and oxygen atoms in total. The van der Waals surface area contributed by atoms with Crippen molar-refractivity contribution in [3.05, 3.63) is 32.5 Å². The van der Waals surface area contributed by atoms with Crippen LogP contribution in [0.3, 0.4) is 0 Å². The van der Waals surface area contributed by atoms with Crippen LogP contribution in [-0.4, -0.2) is 32.2 Å². The summed E-state index contributed by atoms with van der Waals surface area (Å²) in [6.45, 7) is 2.05. The first kappa shape index (κ1) is 17.9. The van der Waals surface area contributed by atoms with E-state index in [0.29, 0.717) is 23.2 Å². The minimum atomic E-state index is -0.437. The predicted octanol–water partition coefficient (Wildman–Crippen LogP) is 2.99. The highest BCUT2D eigenvalue weighted by Crippen LogP contribution is 2.33. The minimum absolute atomic E-state index is 0.134. The van der Waals surface area contributed by atoms with Crippen molar-refractivity contribution < 1.29 is 14.6 Å². The van der Waals surface area contributed by atoms with E-state index >= 15 is 0 Å². The standard InChI is InChI=1S/C16H19N3O4S2/c1-2-23-15(22)11-8-24-13(17-11)9-25-16-18-12(20)7-14(21)19(16)10-5-3-4-6-10/h7-8,10,20H,2-6,9H2,1H3. The van der Waals surface area contributed by atoms with E-state index in [1.165, 1.54) is 23.1 Å². The van der Waals surface area contributed by atoms with Crippen LogP contribution < -0.4 is 5.56 Å². The maximum absolute atomic E-state index is 12.3. The smallest absolute Gasteiger partial charge is 0.357 e. The van der Waals surface area contributed by atoms with Crippen LogP contribution in [0, 0.1) is 0 Å². The van der Waals surface area contributed by atoms with Crippen LogP contribution >= 0.6 is 23.1 Å². The Morgan fingerprint density at radius 2 is 2.20 bits per heavy atom. The highest BCUT2D eigenvalue weighted by molar-refractivity contribution is 7.98. The SMILES string of the molecule is CCOC(=O)c1csc(CSc2nc(O)cc(=O)n2C2CCCC2)n1. The van der Waals surface area contributed by atoms with Crippen LogP contribution in [0.1, 0.15) is 54.1 Å². The van der Waals surface area contributed by atoms with Gasteiger partial charge in [0.2, 0.25) is 5.88 Å². The number of esters is 1. The van der Waals surface area contributed by atoms with E-state index in [1.54, 1.807) is 16.9 Å². The largest absolute Gasteiger partial charge is 0.493 e. The Balaban J connectivity index is 1.77. The molecule has 2 aromatic rings. The topological polar surface area (TPSA) is 94.3 Å². The Morgan fingerprint density at radius 1 is 1.44 bits per heavy atom. The number of carbonyl (C=O) groups is 1. The first-order valence-electron chi connectivity index (χ1n) is 8.15. The maximum Gasteiger partial charge on any atom is 0.357 e. The number of thiazole rings is 1. The number of rotatable bonds is 6. The number of nitrogens with zero attached hydrogens (tertiary/aromatic N) is 3. The van der Waals surface area contributed by atoms with Crippen LogP contribution in [0.25, 0.3) is 0 Å². The molecule has 134 valence electrons. The molecule has 2 aromatic heterocycles. The first-order chi connectivity index (χ1) is 12.1. The molecule has 0 saturated heterocycles. The molecule has 1 aliphatic rings. The zero-order chi connectivity index (χ0) is 17.8. The van der Waals surface area contributed by atoms with E-state index in [0.717, 1.165) is 36.8 Å². The molecule has 25 heavy (non-hydrogen) atoms. The van der Waals surface area contributed by atoms with Crippen molar-refractivity contribution in [3.63, 3.8) is 0 Å². The average Bonchev–Trinajstić information content (AvgIpc) is 3.24. The van der Waals surface area contributed by atoms with Crippen LogP contribution in [0.5, 0.6) is 5.88 Å². The molecule has 0 radical (unpaired) electrons. The van der Waals surface area contributed by atoms with Crippen molar-refractivity contribution in [1.29, 1.82) is 0 Å². The molecule has 0 amide bonds. The Kier molecular flexibility index (Phi) is 5.74. The lowest BCUT2D eigenvalue weighted by Crippen LogP contribution is -2.25. The maximum atomic E-state index is 12.3. The van der Waals surface area contributed by atoms with Crippen molar-refractivity contribution in [3.8, 4) is 5.88 Å². The molecule has 2 heterocycles. The summed E-state index contributed by atoms with van der Waals surface area (Å²) >= 11 is 2.70. The fraction of sp³-hybridized carbons (Fsp3) is 0.500. The summed E-state index contributed by atoms with van der Waals surface area (Å²) < 4.78 is 6.61. The third-order valence-electron chi connectivity index (χ3n) is 3.96. The van der Waals surface area contributed by atoms with Gasteiger partial charge in [0.15, 0.2) is 10.9 Å². The van der Waals surface area contributed by atoms with E-state index < -0.39 is 5.97 Å². The predicted molar refractivity (Wildman–Crippen MR) is 95.3 cm³/mol. The number of hydrogen-bond acceptors (Lipinski definition) is 8. The van der Waals surface area contributed by atoms with E-state index in [2.05, 4.69) is 9.97 Å². The van der Waals surface area contributed by atoms with Crippen molar-refractivity contribution in [1.82, 2.24) is 14.5 Å². The number of hydrogen-bond donors (Lipinski definition) is 1. The van der Waals surface area contributed by atoms with Crippen molar-refractivity contribution in [2.45, 2.75) is 49.6 Å². The molecule has 0 aromatic carbocycles. The second-order valence-corrected chi connectivity index (χ2v) is 7.56. The van der Waals surface area contributed by atoms with Gasteiger partial charge in [-0.3, -0.25) is 9.36 Å². The van der Waals surface area contributed by atoms with Gasteiger partial charge in [0, 0.05) is 11.4 Å². The molecule has 1 N–H and O–H groups in total. The molecule has 0 atom stereocenters. The van der Waals surface area contributed by atoms with Gasteiger partial charge in [0.25, 0.3) is 5.56 Å². The van der Waals surface area contributed by atoms with E-state index in [4.69, 9.17) is 4.74 Å². The molecule has 0 unspecified atom stereocenters. The molecule has 0 bridgehead atoms. The molecular weight excluding hydrogens is 362 g/mol. The molecular formula is C16H19N3O4S2. The normalized spacial score (nSPS) is 14.8. The third-order valence-corrected chi connectivity index (χ3v) is 5.95. The molecule has 1 saturated carbocycles. The van der Waals surface area contributed by atoms with Gasteiger partial charge >= 0.3 is 5.97 Å². The first-order valence-corrected chi connectivity index (χ1v) is 10.0. The van der Waals surface area contributed by atoms with Crippen LogP contribution in [0.2, 0.25) is 0 Å². The lowest BCUT2D eigenvalue weighted by atomic mass is 10.2. The molecule has 1 aliphatic carbocycles. The molecule has 1 fully saturated rings. The Hall–Kier alpha value is -1.87. The Labute approximate surface area is 153 Å². The number of thioether (sulfide) groups is 1. The zero-order valence-corrected chi connectivity index (χ0v) is 15.4. The lowest BCUT2D eigenvalue weighted by Gasteiger charge is -2.17. The lowest BCUT2D eigenvalue weighted by molar-refractivity contribution is 0.0520. The summed E-state index contributed by atoms with van der Waals surface area (Å²) in [4.78, 5) is 32.4. The van der Waals surface area contributed by atoms with Crippen LogP contribution in [-0.2, 0) is 10.5 Å². The summed E-state index contributed by atoms with van der Waals surface area (Å²) in [5.41, 5.74) is 0.0627. The molecule has 0 spiro atoms. The Bertz CT molecular complexity index is 812. The number of carbonyl (C=O) groups excluding carboxylic acids is 1. The van der Waals surface area contributed by atoms with Gasteiger partial charge in [-0.05, 0) is 19.8 Å². The fourth-order valence-corrected chi connectivity index (χ4v) is 4.71. The molecule has 3 rings (SSSR count). The minimum Gasteiger partial charge on any atom is -0.493 e. The summed E-state index contributed by atoms with van der Waals surface area (Å²) in [5.74, 6) is -0.242. The van der Waals surface area contributed by atoms with Crippen LogP contribution in [0.4, 0.5) is 0 Å². The molecule has 9 heteroatoms. The van der Waals surface area contributed by atoms with Crippen molar-refractivity contribution in [2.75, 3.05) is 6.61 Å². The van der Waals surface area contributed by atoms with E-state index in [1.807, 2.05) is 0 Å². The molecule has 0 aliphatic heterocycles. The number of aromatic nitrogens is 3. The second kappa shape index (κ2) is 8.01. The summed E-state index contributed by atoms with van der Waals surface area (Å²) in [6, 6.07) is 1.29. The van der Waals surface area contributed by atoms with Gasteiger partial charge in [0.05, 0.1) is 18.4 Å². The van der Waals surface area contributed by atoms with E-state index in [9.17, 15) is 14.7 Å². The van der Waals surface area contributed by atoms with Gasteiger partial charge in [-0.1, -0.05) is 24.6 Å². The fourth-order valence-electron chi connectivity index (χ4n) is 2.86. The van der Waals surface area contributed by atoms with Gasteiger partial charge in [-0.25, -0.2) is 9.78 Å². The summed E-state index contributed by atoms with van der Waals surface area (Å²) in [5, 5.41) is 12.6. The summed E-state index contributed by atoms with van der Waals surface area (Å²) in [6.07, 6.45) is 4.09. The zero-order valence-electron chi connectivity index (χ0n) is 13.8. The third kappa shape index (κ3) is 4.21. The number of ether oxygens (including phenoxy) is 1.